The van der Waals surface area contributed by atoms with E-state index < -0.39 is 6.04 Å². The number of likely N-dealkylation sites (N-methyl/N-ethyl adjacent to an activating group) is 1. The summed E-state index contributed by atoms with van der Waals surface area (Å²) in [6.45, 7) is 0.617. The van der Waals surface area contributed by atoms with Crippen molar-refractivity contribution >= 4 is 5.91 Å². The van der Waals surface area contributed by atoms with E-state index in [4.69, 9.17) is 10.9 Å². The number of hydroxylamine groups is 1. The molecule has 0 unspecified atom stereocenters. The second kappa shape index (κ2) is 7.02. The molecular formula is C7H17N3O2. The van der Waals surface area contributed by atoms with Gasteiger partial charge in [0.2, 0.25) is 5.91 Å². The first kappa shape index (κ1) is 11.4. The Labute approximate surface area is 72.3 Å². The Morgan fingerprint density at radius 3 is 2.67 bits per heavy atom. The van der Waals surface area contributed by atoms with Crippen LogP contribution in [0.3, 0.4) is 0 Å². The number of amides is 1. The van der Waals surface area contributed by atoms with Crippen molar-refractivity contribution < 1.29 is 10.0 Å². The van der Waals surface area contributed by atoms with E-state index in [0.29, 0.717) is 13.0 Å². The second-order valence-corrected chi connectivity index (χ2v) is 2.58. The van der Waals surface area contributed by atoms with Crippen molar-refractivity contribution in [1.82, 2.24) is 10.8 Å². The molecule has 0 bridgehead atoms. The maximum Gasteiger partial charge on any atom is 0.239 e. The van der Waals surface area contributed by atoms with E-state index in [-0.39, 0.29) is 5.91 Å². The third kappa shape index (κ3) is 4.27. The lowest BCUT2D eigenvalue weighted by Gasteiger charge is -2.12. The molecule has 5 heteroatoms. The van der Waals surface area contributed by atoms with Gasteiger partial charge in [-0.25, -0.2) is 0 Å². The van der Waals surface area contributed by atoms with Crippen LogP contribution < -0.4 is 16.5 Å². The molecule has 0 rings (SSSR count). The maximum atomic E-state index is 11.0. The maximum absolute atomic E-state index is 11.0. The van der Waals surface area contributed by atoms with Crippen LogP contribution in [-0.2, 0) is 4.79 Å². The average molecular weight is 175 g/mol. The molecule has 5 nitrogen and oxygen atoms in total. The molecule has 0 aromatic carbocycles. The quantitative estimate of drug-likeness (QED) is 0.315. The summed E-state index contributed by atoms with van der Waals surface area (Å²) in [5, 5.41) is 11.0. The molecule has 0 fully saturated rings. The Bertz CT molecular complexity index is 130. The third-order valence-corrected chi connectivity index (χ3v) is 1.67. The van der Waals surface area contributed by atoms with Crippen molar-refractivity contribution in [3.05, 3.63) is 0 Å². The first-order valence-electron chi connectivity index (χ1n) is 4.07. The fourth-order valence-corrected chi connectivity index (χ4v) is 0.921. The first-order chi connectivity index (χ1) is 5.76. The van der Waals surface area contributed by atoms with Gasteiger partial charge >= 0.3 is 0 Å². The van der Waals surface area contributed by atoms with Crippen LogP contribution in [-0.4, -0.2) is 30.7 Å². The number of hydrogen-bond acceptors (Lipinski definition) is 4. The molecule has 0 aliphatic carbocycles. The summed E-state index contributed by atoms with van der Waals surface area (Å²) in [6, 6.07) is -0.512. The van der Waals surface area contributed by atoms with Crippen LogP contribution in [0, 0.1) is 0 Å². The number of nitrogens with two attached hydrogens (primary N) is 1. The molecule has 72 valence electrons. The minimum atomic E-state index is -0.512. The van der Waals surface area contributed by atoms with Crippen LogP contribution in [0.5, 0.6) is 0 Å². The predicted molar refractivity (Wildman–Crippen MR) is 45.7 cm³/mol. The fraction of sp³-hybridized carbons (Fsp3) is 0.857. The number of rotatable bonds is 6. The van der Waals surface area contributed by atoms with Gasteiger partial charge in [-0.2, -0.15) is 5.48 Å². The fourth-order valence-electron chi connectivity index (χ4n) is 0.921. The van der Waals surface area contributed by atoms with Gasteiger partial charge in [-0.05, 0) is 19.4 Å². The summed E-state index contributed by atoms with van der Waals surface area (Å²) in [5.74, 6) is -0.200. The molecule has 0 aliphatic heterocycles. The van der Waals surface area contributed by atoms with Gasteiger partial charge in [-0.3, -0.25) is 4.79 Å². The van der Waals surface area contributed by atoms with Gasteiger partial charge in [0, 0.05) is 7.05 Å². The Hall–Kier alpha value is -0.650. The highest BCUT2D eigenvalue weighted by Crippen LogP contribution is 1.99. The molecule has 0 spiro atoms. The number of nitrogens with one attached hydrogen (secondary N) is 2. The SMILES string of the molecule is CNC(=O)[C@H](CCCCN)NO. The van der Waals surface area contributed by atoms with Crippen LogP contribution in [0.25, 0.3) is 0 Å². The zero-order chi connectivity index (χ0) is 9.40. The third-order valence-electron chi connectivity index (χ3n) is 1.67. The van der Waals surface area contributed by atoms with Crippen molar-refractivity contribution in [3.63, 3.8) is 0 Å². The van der Waals surface area contributed by atoms with Crippen LogP contribution in [0.1, 0.15) is 19.3 Å². The standard InChI is InChI=1S/C7H17N3O2/c1-9-7(11)6(10-12)4-2-3-5-8/h6,10,12H,2-5,8H2,1H3,(H,9,11)/t6-/m0/s1. The summed E-state index contributed by atoms with van der Waals surface area (Å²) in [7, 11) is 1.54. The number of unbranched alkanes of at least 4 members (excludes halogenated alkanes) is 1. The lowest BCUT2D eigenvalue weighted by atomic mass is 10.1. The minimum absolute atomic E-state index is 0.200. The Kier molecular flexibility index (Phi) is 6.64. The van der Waals surface area contributed by atoms with Gasteiger partial charge in [0.25, 0.3) is 0 Å². The Balaban J connectivity index is 3.60. The van der Waals surface area contributed by atoms with Crippen molar-refractivity contribution in [3.8, 4) is 0 Å². The van der Waals surface area contributed by atoms with Crippen LogP contribution in [0.2, 0.25) is 0 Å². The summed E-state index contributed by atoms with van der Waals surface area (Å²) < 4.78 is 0. The van der Waals surface area contributed by atoms with E-state index in [1.165, 1.54) is 7.05 Å². The first-order valence-corrected chi connectivity index (χ1v) is 4.07. The molecule has 1 amide bonds. The van der Waals surface area contributed by atoms with Gasteiger partial charge in [0.15, 0.2) is 0 Å². The molecule has 12 heavy (non-hydrogen) atoms. The predicted octanol–water partition coefficient (Wildman–Crippen LogP) is -0.791. The topological polar surface area (TPSA) is 87.4 Å². The minimum Gasteiger partial charge on any atom is -0.358 e. The van der Waals surface area contributed by atoms with E-state index in [9.17, 15) is 4.79 Å². The molecule has 0 radical (unpaired) electrons. The number of carbonyl (C=O) groups excluding carboxylic acids is 1. The van der Waals surface area contributed by atoms with E-state index in [2.05, 4.69) is 5.32 Å². The van der Waals surface area contributed by atoms with Crippen LogP contribution in [0.15, 0.2) is 0 Å². The van der Waals surface area contributed by atoms with E-state index in [1.54, 1.807) is 0 Å². The van der Waals surface area contributed by atoms with Crippen molar-refractivity contribution in [1.29, 1.82) is 0 Å². The lowest BCUT2D eigenvalue weighted by Crippen LogP contribution is -2.41. The van der Waals surface area contributed by atoms with Gasteiger partial charge in [-0.1, -0.05) is 6.42 Å². The normalized spacial score (nSPS) is 12.6. The molecule has 0 saturated carbocycles. The van der Waals surface area contributed by atoms with Crippen molar-refractivity contribution in [2.24, 2.45) is 5.73 Å². The smallest absolute Gasteiger partial charge is 0.239 e. The summed E-state index contributed by atoms with van der Waals surface area (Å²) >= 11 is 0. The largest absolute Gasteiger partial charge is 0.358 e. The molecular weight excluding hydrogens is 158 g/mol. The van der Waals surface area contributed by atoms with E-state index in [0.717, 1.165) is 12.8 Å². The van der Waals surface area contributed by atoms with Crippen LogP contribution >= 0.6 is 0 Å². The molecule has 0 aromatic heterocycles. The van der Waals surface area contributed by atoms with Gasteiger partial charge in [0.1, 0.15) is 6.04 Å². The number of hydrogen-bond donors (Lipinski definition) is 4. The van der Waals surface area contributed by atoms with E-state index in [1.807, 2.05) is 5.48 Å². The van der Waals surface area contributed by atoms with E-state index >= 15 is 0 Å². The zero-order valence-corrected chi connectivity index (χ0v) is 7.34. The molecule has 0 saturated heterocycles. The number of carbonyl (C=O) groups is 1. The van der Waals surface area contributed by atoms with Gasteiger partial charge < -0.3 is 16.3 Å². The highest BCUT2D eigenvalue weighted by atomic mass is 16.5. The molecule has 1 atom stereocenters. The molecule has 0 aliphatic rings. The lowest BCUT2D eigenvalue weighted by molar-refractivity contribution is -0.125. The average Bonchev–Trinajstić information content (AvgIpc) is 2.11. The summed E-state index contributed by atoms with van der Waals surface area (Å²) in [5.41, 5.74) is 7.24. The summed E-state index contributed by atoms with van der Waals surface area (Å²) in [4.78, 5) is 11.0. The Morgan fingerprint density at radius 1 is 1.58 bits per heavy atom. The second-order valence-electron chi connectivity index (χ2n) is 2.58. The Morgan fingerprint density at radius 2 is 2.25 bits per heavy atom. The van der Waals surface area contributed by atoms with Crippen molar-refractivity contribution in [2.75, 3.05) is 13.6 Å². The highest BCUT2D eigenvalue weighted by molar-refractivity contribution is 5.81. The zero-order valence-electron chi connectivity index (χ0n) is 7.34. The molecule has 0 aromatic rings. The summed E-state index contributed by atoms with van der Waals surface area (Å²) in [6.07, 6.45) is 2.31. The monoisotopic (exact) mass is 175 g/mol. The molecule has 5 N–H and O–H groups in total. The van der Waals surface area contributed by atoms with Gasteiger partial charge in [-0.15, -0.1) is 0 Å². The molecule has 0 heterocycles. The van der Waals surface area contributed by atoms with Crippen molar-refractivity contribution in [2.45, 2.75) is 25.3 Å². The van der Waals surface area contributed by atoms with Gasteiger partial charge in [0.05, 0.1) is 0 Å². The highest BCUT2D eigenvalue weighted by Gasteiger charge is 2.14. The van der Waals surface area contributed by atoms with Crippen LogP contribution in [0.4, 0.5) is 0 Å².